The molecule has 0 aliphatic rings. The van der Waals surface area contributed by atoms with Gasteiger partial charge in [-0.05, 0) is 43.7 Å². The molecule has 24 heavy (non-hydrogen) atoms. The standard InChI is InChI=1S/C16H14F4O3S/c1-11-6-8-14(9-7-11)24(21,22)23-15(2,16(18,19)20)12-4-3-5-13(17)10-12/h3-10H,1-2H3. The third-order valence-corrected chi connectivity index (χ3v) is 4.90. The van der Waals surface area contributed by atoms with Crippen molar-refractivity contribution in [1.82, 2.24) is 0 Å². The number of benzene rings is 2. The van der Waals surface area contributed by atoms with E-state index in [1.54, 1.807) is 6.92 Å². The molecule has 0 saturated heterocycles. The zero-order valence-corrected chi connectivity index (χ0v) is 13.6. The van der Waals surface area contributed by atoms with Crippen LogP contribution in [0.4, 0.5) is 17.6 Å². The average Bonchev–Trinajstić information content (AvgIpc) is 2.46. The molecule has 3 nitrogen and oxygen atoms in total. The Morgan fingerprint density at radius 2 is 1.58 bits per heavy atom. The summed E-state index contributed by atoms with van der Waals surface area (Å²) in [4.78, 5) is -0.417. The summed E-state index contributed by atoms with van der Waals surface area (Å²) >= 11 is 0. The molecule has 0 aromatic heterocycles. The molecule has 0 aliphatic heterocycles. The molecule has 0 spiro atoms. The summed E-state index contributed by atoms with van der Waals surface area (Å²) in [5.41, 5.74) is -3.14. The van der Waals surface area contributed by atoms with Crippen LogP contribution in [0, 0.1) is 12.7 Å². The van der Waals surface area contributed by atoms with Gasteiger partial charge in [0.2, 0.25) is 5.60 Å². The number of aryl methyl sites for hydroxylation is 1. The molecule has 0 saturated carbocycles. The van der Waals surface area contributed by atoms with Crippen molar-refractivity contribution in [2.24, 2.45) is 0 Å². The van der Waals surface area contributed by atoms with Gasteiger partial charge < -0.3 is 0 Å². The van der Waals surface area contributed by atoms with Crippen molar-refractivity contribution in [3.05, 3.63) is 65.5 Å². The molecule has 1 unspecified atom stereocenters. The maximum atomic E-state index is 13.5. The van der Waals surface area contributed by atoms with Crippen LogP contribution in [-0.2, 0) is 19.9 Å². The molecule has 0 N–H and O–H groups in total. The van der Waals surface area contributed by atoms with Crippen molar-refractivity contribution >= 4 is 10.1 Å². The molecular weight excluding hydrogens is 348 g/mol. The lowest BCUT2D eigenvalue weighted by Gasteiger charge is -2.31. The first-order valence-electron chi connectivity index (χ1n) is 6.81. The zero-order valence-electron chi connectivity index (χ0n) is 12.8. The Morgan fingerprint density at radius 1 is 1.00 bits per heavy atom. The fourth-order valence-corrected chi connectivity index (χ4v) is 3.21. The number of alkyl halides is 3. The van der Waals surface area contributed by atoms with Gasteiger partial charge in [0.05, 0.1) is 4.90 Å². The quantitative estimate of drug-likeness (QED) is 0.601. The van der Waals surface area contributed by atoms with Crippen molar-refractivity contribution in [3.8, 4) is 0 Å². The molecule has 2 aromatic rings. The molecule has 0 aliphatic carbocycles. The summed E-state index contributed by atoms with van der Waals surface area (Å²) in [6.45, 7) is 2.25. The molecule has 0 heterocycles. The smallest absolute Gasteiger partial charge is 0.245 e. The average molecular weight is 362 g/mol. The van der Waals surface area contributed by atoms with Crippen LogP contribution in [0.25, 0.3) is 0 Å². The van der Waals surface area contributed by atoms with Crippen molar-refractivity contribution < 1.29 is 30.2 Å². The van der Waals surface area contributed by atoms with Crippen molar-refractivity contribution in [3.63, 3.8) is 0 Å². The number of hydrogen-bond donors (Lipinski definition) is 0. The van der Waals surface area contributed by atoms with Gasteiger partial charge in [0.25, 0.3) is 10.1 Å². The maximum absolute atomic E-state index is 13.5. The van der Waals surface area contributed by atoms with E-state index in [-0.39, 0.29) is 0 Å². The van der Waals surface area contributed by atoms with E-state index in [4.69, 9.17) is 0 Å². The fraction of sp³-hybridized carbons (Fsp3) is 0.250. The molecule has 0 amide bonds. The first kappa shape index (κ1) is 18.4. The first-order chi connectivity index (χ1) is 11.0. The lowest BCUT2D eigenvalue weighted by Crippen LogP contribution is -2.43. The summed E-state index contributed by atoms with van der Waals surface area (Å²) in [5, 5.41) is 0. The first-order valence-corrected chi connectivity index (χ1v) is 8.22. The Kier molecular flexibility index (Phi) is 4.74. The largest absolute Gasteiger partial charge is 0.422 e. The third kappa shape index (κ3) is 3.59. The molecule has 1 atom stereocenters. The molecule has 130 valence electrons. The SMILES string of the molecule is Cc1ccc(S(=O)(=O)OC(C)(c2cccc(F)c2)C(F)(F)F)cc1. The van der Waals surface area contributed by atoms with Crippen molar-refractivity contribution in [2.75, 3.05) is 0 Å². The van der Waals surface area contributed by atoms with Crippen LogP contribution in [0.1, 0.15) is 18.1 Å². The highest BCUT2D eigenvalue weighted by molar-refractivity contribution is 7.86. The Labute approximate surface area is 137 Å². The van der Waals surface area contributed by atoms with Gasteiger partial charge in [0, 0.05) is 0 Å². The second-order valence-corrected chi connectivity index (χ2v) is 6.94. The van der Waals surface area contributed by atoms with Gasteiger partial charge in [0.15, 0.2) is 0 Å². The zero-order chi connectivity index (χ0) is 18.2. The predicted molar refractivity (Wildman–Crippen MR) is 79.3 cm³/mol. The molecule has 0 fully saturated rings. The number of hydrogen-bond acceptors (Lipinski definition) is 3. The topological polar surface area (TPSA) is 43.4 Å². The lowest BCUT2D eigenvalue weighted by atomic mass is 9.95. The van der Waals surface area contributed by atoms with Crippen LogP contribution in [0.2, 0.25) is 0 Å². The predicted octanol–water partition coefficient (Wildman–Crippen LogP) is 4.32. The van der Waals surface area contributed by atoms with Crippen LogP contribution in [0.3, 0.4) is 0 Å². The van der Waals surface area contributed by atoms with E-state index in [2.05, 4.69) is 4.18 Å². The third-order valence-electron chi connectivity index (χ3n) is 3.50. The summed E-state index contributed by atoms with van der Waals surface area (Å²) in [6.07, 6.45) is -5.08. The van der Waals surface area contributed by atoms with Gasteiger partial charge in [0.1, 0.15) is 5.82 Å². The fourth-order valence-electron chi connectivity index (χ4n) is 2.02. The van der Waals surface area contributed by atoms with Gasteiger partial charge in [-0.25, -0.2) is 8.57 Å². The minimum absolute atomic E-state index is 0.417. The Bertz CT molecular complexity index is 829. The monoisotopic (exact) mass is 362 g/mol. The van der Waals surface area contributed by atoms with E-state index in [0.29, 0.717) is 13.0 Å². The van der Waals surface area contributed by atoms with Crippen LogP contribution < -0.4 is 0 Å². The highest BCUT2D eigenvalue weighted by Gasteiger charge is 2.56. The van der Waals surface area contributed by atoms with Gasteiger partial charge in [-0.1, -0.05) is 29.8 Å². The Hall–Kier alpha value is -1.93. The minimum atomic E-state index is -5.08. The normalized spacial score (nSPS) is 15.1. The Balaban J connectivity index is 2.52. The maximum Gasteiger partial charge on any atom is 0.422 e. The van der Waals surface area contributed by atoms with E-state index >= 15 is 0 Å². The summed E-state index contributed by atoms with van der Waals surface area (Å²) in [7, 11) is -4.72. The second kappa shape index (κ2) is 6.18. The summed E-state index contributed by atoms with van der Waals surface area (Å²) in [6, 6.07) is 8.72. The van der Waals surface area contributed by atoms with Gasteiger partial charge in [-0.3, -0.25) is 0 Å². The van der Waals surface area contributed by atoms with Crippen molar-refractivity contribution in [2.45, 2.75) is 30.5 Å². The van der Waals surface area contributed by atoms with Gasteiger partial charge in [-0.15, -0.1) is 0 Å². The minimum Gasteiger partial charge on any atom is -0.245 e. The van der Waals surface area contributed by atoms with Gasteiger partial charge in [-0.2, -0.15) is 21.6 Å². The van der Waals surface area contributed by atoms with Crippen molar-refractivity contribution in [1.29, 1.82) is 0 Å². The van der Waals surface area contributed by atoms with E-state index in [1.807, 2.05) is 0 Å². The van der Waals surface area contributed by atoms with E-state index in [9.17, 15) is 26.0 Å². The molecular formula is C16H14F4O3S. The second-order valence-electron chi connectivity index (χ2n) is 5.39. The molecule has 0 radical (unpaired) electrons. The van der Waals surface area contributed by atoms with E-state index in [1.165, 1.54) is 12.1 Å². The van der Waals surface area contributed by atoms with Crippen LogP contribution >= 0.6 is 0 Å². The van der Waals surface area contributed by atoms with Crippen LogP contribution in [0.15, 0.2) is 53.4 Å². The molecule has 2 rings (SSSR count). The van der Waals surface area contributed by atoms with E-state index < -0.39 is 38.2 Å². The summed E-state index contributed by atoms with van der Waals surface area (Å²) in [5.74, 6) is -0.931. The van der Waals surface area contributed by atoms with Gasteiger partial charge >= 0.3 is 6.18 Å². The molecule has 8 heteroatoms. The summed E-state index contributed by atoms with van der Waals surface area (Å²) < 4.78 is 82.9. The molecule has 2 aromatic carbocycles. The highest BCUT2D eigenvalue weighted by Crippen LogP contribution is 2.44. The number of rotatable bonds is 4. The van der Waals surface area contributed by atoms with Crippen LogP contribution in [0.5, 0.6) is 0 Å². The lowest BCUT2D eigenvalue weighted by molar-refractivity contribution is -0.246. The highest BCUT2D eigenvalue weighted by atomic mass is 32.2. The molecule has 0 bridgehead atoms. The van der Waals surface area contributed by atoms with Crippen LogP contribution in [-0.4, -0.2) is 14.6 Å². The Morgan fingerprint density at radius 3 is 2.08 bits per heavy atom. The number of halogens is 4. The van der Waals surface area contributed by atoms with E-state index in [0.717, 1.165) is 35.9 Å².